The first-order valence-electron chi connectivity index (χ1n) is 16.7. The summed E-state index contributed by atoms with van der Waals surface area (Å²) in [5, 5.41) is 11.3. The summed E-state index contributed by atoms with van der Waals surface area (Å²) in [4.78, 5) is 60.3. The summed E-state index contributed by atoms with van der Waals surface area (Å²) in [5.74, 6) is -0.258. The first kappa shape index (κ1) is 35.6. The predicted molar refractivity (Wildman–Crippen MR) is 191 cm³/mol. The molecule has 49 heavy (non-hydrogen) atoms. The second-order valence-corrected chi connectivity index (χ2v) is 15.2. The molecule has 2 aromatic carbocycles. The summed E-state index contributed by atoms with van der Waals surface area (Å²) in [5.41, 5.74) is -0.432. The molecule has 11 nitrogen and oxygen atoms in total. The van der Waals surface area contributed by atoms with E-state index in [2.05, 4.69) is 27.9 Å². The van der Waals surface area contributed by atoms with Gasteiger partial charge in [-0.05, 0) is 81.3 Å². The second kappa shape index (κ2) is 14.8. The molecule has 2 atom stereocenters. The van der Waals surface area contributed by atoms with Gasteiger partial charge in [-0.25, -0.2) is 9.78 Å². The fraction of sp³-hybridized carbons (Fsp3) is 0.432. The van der Waals surface area contributed by atoms with Crippen molar-refractivity contribution in [3.8, 4) is 0 Å². The lowest BCUT2D eigenvalue weighted by molar-refractivity contribution is -0.135. The summed E-state index contributed by atoms with van der Waals surface area (Å²) in [6.07, 6.45) is 4.55. The Bertz CT molecular complexity index is 1790. The number of imidazole rings is 1. The van der Waals surface area contributed by atoms with Gasteiger partial charge in [0.15, 0.2) is 5.82 Å². The molecule has 2 unspecified atom stereocenters. The van der Waals surface area contributed by atoms with Crippen LogP contribution in [0.2, 0.25) is 0 Å². The molecule has 1 saturated heterocycles. The van der Waals surface area contributed by atoms with Crippen molar-refractivity contribution in [2.45, 2.75) is 84.0 Å². The van der Waals surface area contributed by atoms with Crippen molar-refractivity contribution in [1.82, 2.24) is 25.1 Å². The number of benzene rings is 2. The number of carbonyl (C=O) groups excluding carboxylic acids is 4. The minimum absolute atomic E-state index is 0.0254. The van der Waals surface area contributed by atoms with Crippen LogP contribution in [0.25, 0.3) is 10.1 Å². The number of ether oxygens (including phenoxy) is 1. The fourth-order valence-corrected chi connectivity index (χ4v) is 6.79. The van der Waals surface area contributed by atoms with E-state index in [1.807, 2.05) is 64.9 Å². The van der Waals surface area contributed by atoms with Gasteiger partial charge in [0.2, 0.25) is 17.7 Å². The minimum Gasteiger partial charge on any atom is -0.444 e. The van der Waals surface area contributed by atoms with Crippen molar-refractivity contribution in [1.29, 1.82) is 0 Å². The van der Waals surface area contributed by atoms with Crippen molar-refractivity contribution in [3.63, 3.8) is 0 Å². The molecule has 5 rings (SSSR count). The van der Waals surface area contributed by atoms with E-state index in [-0.39, 0.29) is 18.1 Å². The van der Waals surface area contributed by atoms with Crippen molar-refractivity contribution >= 4 is 51.1 Å². The number of carbonyl (C=O) groups is 4. The smallest absolute Gasteiger partial charge is 0.408 e. The van der Waals surface area contributed by atoms with E-state index in [0.29, 0.717) is 19.0 Å². The number of likely N-dealkylation sites (tertiary alicyclic amines) is 1. The van der Waals surface area contributed by atoms with Crippen molar-refractivity contribution in [2.75, 3.05) is 18.4 Å². The standard InChI is InChI=1S/C37H46N6O5S/c1-24-16-18-42(19-17-24)33(45)31(25-12-8-7-9-13-25)43-21-30(38-23-43)40-32(44)28(20-26-22-49-29-15-11-10-14-27(26)29)39-34(46)37(5,6)41-35(47)48-36(2,3)4/h7-15,21-24,28,31H,16-20H2,1-6H3,(H,39,46)(H,40,44)(H,41,47). The van der Waals surface area contributed by atoms with Crippen LogP contribution < -0.4 is 16.0 Å². The minimum atomic E-state index is -1.39. The topological polar surface area (TPSA) is 135 Å². The monoisotopic (exact) mass is 686 g/mol. The van der Waals surface area contributed by atoms with Crippen LogP contribution >= 0.6 is 11.3 Å². The van der Waals surface area contributed by atoms with Gasteiger partial charge in [0.1, 0.15) is 23.2 Å². The fourth-order valence-electron chi connectivity index (χ4n) is 5.81. The zero-order chi connectivity index (χ0) is 35.3. The summed E-state index contributed by atoms with van der Waals surface area (Å²) in [6, 6.07) is 15.7. The number of anilines is 1. The third kappa shape index (κ3) is 9.05. The Morgan fingerprint density at radius 2 is 1.65 bits per heavy atom. The van der Waals surface area contributed by atoms with Gasteiger partial charge in [-0.2, -0.15) is 0 Å². The van der Waals surface area contributed by atoms with Crippen LogP contribution in [0.15, 0.2) is 72.5 Å². The van der Waals surface area contributed by atoms with Crippen LogP contribution in [0.5, 0.6) is 0 Å². The number of alkyl carbamates (subject to hydrolysis) is 1. The van der Waals surface area contributed by atoms with Crippen molar-refractivity contribution < 1.29 is 23.9 Å². The van der Waals surface area contributed by atoms with Gasteiger partial charge in [-0.1, -0.05) is 55.5 Å². The Morgan fingerprint density at radius 3 is 2.35 bits per heavy atom. The van der Waals surface area contributed by atoms with Gasteiger partial charge < -0.3 is 30.2 Å². The molecule has 1 aliphatic rings. The Balaban J connectivity index is 1.38. The number of rotatable bonds is 10. The largest absolute Gasteiger partial charge is 0.444 e. The highest BCUT2D eigenvalue weighted by Gasteiger charge is 2.35. The Hall–Kier alpha value is -4.71. The molecular weight excluding hydrogens is 641 g/mol. The summed E-state index contributed by atoms with van der Waals surface area (Å²) >= 11 is 1.56. The van der Waals surface area contributed by atoms with Gasteiger partial charge in [0.05, 0.1) is 6.33 Å². The molecule has 3 heterocycles. The number of aromatic nitrogens is 2. The quantitative estimate of drug-likeness (QED) is 0.190. The van der Waals surface area contributed by atoms with Crippen molar-refractivity contribution in [3.05, 3.63) is 83.6 Å². The molecule has 2 aromatic heterocycles. The number of nitrogens with one attached hydrogen (secondary N) is 3. The number of piperidine rings is 1. The lowest BCUT2D eigenvalue weighted by Crippen LogP contribution is -2.59. The SMILES string of the molecule is CC1CCN(C(=O)C(c2ccccc2)n2cnc(NC(=O)C(Cc3csc4ccccc34)NC(=O)C(C)(C)NC(=O)OC(C)(C)C)c2)CC1. The lowest BCUT2D eigenvalue weighted by atomic mass is 9.97. The van der Waals surface area contributed by atoms with E-state index in [4.69, 9.17) is 4.74 Å². The average molecular weight is 687 g/mol. The molecule has 0 spiro atoms. The molecule has 1 fully saturated rings. The van der Waals surface area contributed by atoms with Crippen LogP contribution in [0, 0.1) is 5.92 Å². The van der Waals surface area contributed by atoms with E-state index in [1.54, 1.807) is 63.0 Å². The molecule has 1 aliphatic heterocycles. The van der Waals surface area contributed by atoms with E-state index in [9.17, 15) is 19.2 Å². The summed E-state index contributed by atoms with van der Waals surface area (Å²) in [7, 11) is 0. The number of amides is 4. The van der Waals surface area contributed by atoms with Crippen LogP contribution in [-0.4, -0.2) is 68.5 Å². The number of fused-ring (bicyclic) bond motifs is 1. The van der Waals surface area contributed by atoms with Crippen LogP contribution in [0.1, 0.15) is 71.6 Å². The molecular formula is C37H46N6O5S. The number of hydrogen-bond acceptors (Lipinski definition) is 7. The highest BCUT2D eigenvalue weighted by Crippen LogP contribution is 2.28. The van der Waals surface area contributed by atoms with E-state index < -0.39 is 41.1 Å². The third-order valence-corrected chi connectivity index (χ3v) is 9.60. The molecule has 12 heteroatoms. The van der Waals surface area contributed by atoms with Crippen LogP contribution in [0.4, 0.5) is 10.6 Å². The second-order valence-electron chi connectivity index (χ2n) is 14.3. The molecule has 0 radical (unpaired) electrons. The third-order valence-electron chi connectivity index (χ3n) is 8.58. The van der Waals surface area contributed by atoms with Crippen LogP contribution in [0.3, 0.4) is 0 Å². The maximum absolute atomic E-state index is 13.9. The van der Waals surface area contributed by atoms with Gasteiger partial charge in [-0.15, -0.1) is 11.3 Å². The maximum Gasteiger partial charge on any atom is 0.408 e. The van der Waals surface area contributed by atoms with Crippen LogP contribution in [-0.2, 0) is 25.5 Å². The van der Waals surface area contributed by atoms with E-state index >= 15 is 0 Å². The molecule has 260 valence electrons. The number of nitrogens with zero attached hydrogens (tertiary/aromatic N) is 3. The molecule has 0 aliphatic carbocycles. The Morgan fingerprint density at radius 1 is 0.980 bits per heavy atom. The molecule has 4 aromatic rings. The summed E-state index contributed by atoms with van der Waals surface area (Å²) < 4.78 is 8.14. The first-order valence-corrected chi connectivity index (χ1v) is 17.5. The molecule has 0 saturated carbocycles. The average Bonchev–Trinajstić information content (AvgIpc) is 3.67. The Kier molecular flexibility index (Phi) is 10.8. The molecule has 3 N–H and O–H groups in total. The van der Waals surface area contributed by atoms with Gasteiger partial charge in [0.25, 0.3) is 0 Å². The highest BCUT2D eigenvalue weighted by atomic mass is 32.1. The lowest BCUT2D eigenvalue weighted by Gasteiger charge is -2.33. The summed E-state index contributed by atoms with van der Waals surface area (Å²) in [6.45, 7) is 11.9. The zero-order valence-electron chi connectivity index (χ0n) is 29.0. The highest BCUT2D eigenvalue weighted by molar-refractivity contribution is 7.17. The van der Waals surface area contributed by atoms with E-state index in [0.717, 1.165) is 34.1 Å². The zero-order valence-corrected chi connectivity index (χ0v) is 29.8. The van der Waals surface area contributed by atoms with Gasteiger partial charge >= 0.3 is 6.09 Å². The first-order chi connectivity index (χ1) is 23.2. The van der Waals surface area contributed by atoms with Crippen molar-refractivity contribution in [2.24, 2.45) is 5.92 Å². The number of thiophene rings is 1. The van der Waals surface area contributed by atoms with Gasteiger partial charge in [-0.3, -0.25) is 14.4 Å². The Labute approximate surface area is 291 Å². The molecule has 0 bridgehead atoms. The maximum atomic E-state index is 13.9. The normalized spacial score (nSPS) is 15.3. The molecule has 4 amide bonds. The van der Waals surface area contributed by atoms with E-state index in [1.165, 1.54) is 0 Å². The van der Waals surface area contributed by atoms with Gasteiger partial charge in [0, 0.05) is 30.4 Å². The number of hydrogen-bond donors (Lipinski definition) is 3. The predicted octanol–water partition coefficient (Wildman–Crippen LogP) is 5.92.